The molecule has 0 spiro atoms. The van der Waals surface area contributed by atoms with Crippen LogP contribution < -0.4 is 5.32 Å². The van der Waals surface area contributed by atoms with Crippen molar-refractivity contribution in [1.29, 1.82) is 0 Å². The highest BCUT2D eigenvalue weighted by atomic mass is 16.1. The molecule has 0 fully saturated rings. The second-order valence-electron chi connectivity index (χ2n) is 5.85. The molecule has 1 aromatic carbocycles. The van der Waals surface area contributed by atoms with Crippen molar-refractivity contribution in [2.75, 3.05) is 25.0 Å². The van der Waals surface area contributed by atoms with E-state index in [1.165, 1.54) is 12.8 Å². The van der Waals surface area contributed by atoms with Crippen molar-refractivity contribution in [2.45, 2.75) is 46.5 Å². The molecule has 0 aromatic heterocycles. The molecule has 3 heteroatoms. The van der Waals surface area contributed by atoms with Crippen LogP contribution in [-0.2, 0) is 4.79 Å². The second kappa shape index (κ2) is 10.4. The van der Waals surface area contributed by atoms with Crippen molar-refractivity contribution in [3.05, 3.63) is 30.3 Å². The highest BCUT2D eigenvalue weighted by molar-refractivity contribution is 5.90. The molecular formula is C18H30N2O. The Morgan fingerprint density at radius 2 is 1.71 bits per heavy atom. The van der Waals surface area contributed by atoms with Crippen LogP contribution in [0, 0.1) is 5.92 Å². The molecule has 0 aliphatic rings. The third-order valence-electron chi connectivity index (χ3n) is 3.61. The van der Waals surface area contributed by atoms with Crippen molar-refractivity contribution < 1.29 is 4.79 Å². The van der Waals surface area contributed by atoms with Crippen molar-refractivity contribution in [3.8, 4) is 0 Å². The second-order valence-corrected chi connectivity index (χ2v) is 5.85. The summed E-state index contributed by atoms with van der Waals surface area (Å²) in [7, 11) is 0. The largest absolute Gasteiger partial charge is 0.326 e. The van der Waals surface area contributed by atoms with Crippen LogP contribution in [0.3, 0.4) is 0 Å². The molecule has 0 saturated heterocycles. The zero-order chi connectivity index (χ0) is 15.5. The van der Waals surface area contributed by atoms with Gasteiger partial charge in [0.25, 0.3) is 0 Å². The third-order valence-corrected chi connectivity index (χ3v) is 3.61. The van der Waals surface area contributed by atoms with E-state index in [4.69, 9.17) is 0 Å². The van der Waals surface area contributed by atoms with Crippen molar-refractivity contribution in [2.24, 2.45) is 5.92 Å². The van der Waals surface area contributed by atoms with Crippen molar-refractivity contribution in [3.63, 3.8) is 0 Å². The predicted octanol–water partition coefficient (Wildman–Crippen LogP) is 4.16. The van der Waals surface area contributed by atoms with Gasteiger partial charge in [-0.3, -0.25) is 4.79 Å². The number of hydrogen-bond acceptors (Lipinski definition) is 2. The van der Waals surface area contributed by atoms with Crippen LogP contribution in [0.15, 0.2) is 30.3 Å². The number of hydrogen-bond donors (Lipinski definition) is 1. The topological polar surface area (TPSA) is 32.3 Å². The summed E-state index contributed by atoms with van der Waals surface area (Å²) in [6.45, 7) is 10.0. The Morgan fingerprint density at radius 1 is 1.10 bits per heavy atom. The maximum atomic E-state index is 12.0. The van der Waals surface area contributed by atoms with E-state index in [0.717, 1.165) is 31.7 Å². The number of rotatable bonds is 10. The molecule has 0 saturated carbocycles. The average molecular weight is 290 g/mol. The first-order valence-electron chi connectivity index (χ1n) is 8.23. The van der Waals surface area contributed by atoms with E-state index in [0.29, 0.717) is 12.3 Å². The van der Waals surface area contributed by atoms with E-state index < -0.39 is 0 Å². The van der Waals surface area contributed by atoms with Crippen LogP contribution >= 0.6 is 0 Å². The maximum absolute atomic E-state index is 12.0. The zero-order valence-corrected chi connectivity index (χ0v) is 13.8. The van der Waals surface area contributed by atoms with E-state index in [1.54, 1.807) is 0 Å². The molecule has 1 N–H and O–H groups in total. The number of carbonyl (C=O) groups excluding carboxylic acids is 1. The number of benzene rings is 1. The Hall–Kier alpha value is -1.35. The van der Waals surface area contributed by atoms with Gasteiger partial charge >= 0.3 is 0 Å². The molecule has 1 unspecified atom stereocenters. The van der Waals surface area contributed by atoms with Gasteiger partial charge in [-0.15, -0.1) is 0 Å². The average Bonchev–Trinajstić information content (AvgIpc) is 2.46. The smallest absolute Gasteiger partial charge is 0.224 e. The monoisotopic (exact) mass is 290 g/mol. The van der Waals surface area contributed by atoms with Gasteiger partial charge in [0.2, 0.25) is 5.91 Å². The first-order valence-corrected chi connectivity index (χ1v) is 8.23. The fourth-order valence-electron chi connectivity index (χ4n) is 2.52. The summed E-state index contributed by atoms with van der Waals surface area (Å²) < 4.78 is 0. The quantitative estimate of drug-likeness (QED) is 0.701. The summed E-state index contributed by atoms with van der Waals surface area (Å²) in [6, 6.07) is 9.67. The maximum Gasteiger partial charge on any atom is 0.224 e. The van der Waals surface area contributed by atoms with Gasteiger partial charge in [-0.25, -0.2) is 0 Å². The summed E-state index contributed by atoms with van der Waals surface area (Å²) in [5.41, 5.74) is 0.883. The van der Waals surface area contributed by atoms with Gasteiger partial charge in [-0.2, -0.15) is 0 Å². The number of nitrogens with one attached hydrogen (secondary N) is 1. The molecular weight excluding hydrogens is 260 g/mol. The molecule has 0 bridgehead atoms. The lowest BCUT2D eigenvalue weighted by Crippen LogP contribution is -2.28. The van der Waals surface area contributed by atoms with Crippen LogP contribution in [0.25, 0.3) is 0 Å². The zero-order valence-electron chi connectivity index (χ0n) is 13.8. The van der Waals surface area contributed by atoms with Gasteiger partial charge in [-0.05, 0) is 56.9 Å². The molecule has 118 valence electrons. The van der Waals surface area contributed by atoms with Crippen LogP contribution in [-0.4, -0.2) is 30.4 Å². The SMILES string of the molecule is CCCN(CCC)CCC(C)CC(=O)Nc1ccccc1. The normalized spacial score (nSPS) is 12.4. The molecule has 1 rings (SSSR count). The summed E-state index contributed by atoms with van der Waals surface area (Å²) in [6.07, 6.45) is 4.08. The van der Waals surface area contributed by atoms with Gasteiger partial charge in [-0.1, -0.05) is 39.0 Å². The first kappa shape index (κ1) is 17.7. The lowest BCUT2D eigenvalue weighted by molar-refractivity contribution is -0.117. The minimum atomic E-state index is 0.117. The summed E-state index contributed by atoms with van der Waals surface area (Å²) in [5.74, 6) is 0.538. The van der Waals surface area contributed by atoms with E-state index in [9.17, 15) is 4.79 Å². The Bertz CT molecular complexity index is 385. The molecule has 1 aromatic rings. The van der Waals surface area contributed by atoms with Crippen LogP contribution in [0.5, 0.6) is 0 Å². The standard InChI is InChI=1S/C18H30N2O/c1-4-12-20(13-5-2)14-11-16(3)15-18(21)19-17-9-7-6-8-10-17/h6-10,16H,4-5,11-15H2,1-3H3,(H,19,21). The molecule has 1 atom stereocenters. The summed E-state index contributed by atoms with van der Waals surface area (Å²) in [4.78, 5) is 14.5. The Labute approximate surface area is 129 Å². The minimum Gasteiger partial charge on any atom is -0.326 e. The Morgan fingerprint density at radius 3 is 2.29 bits per heavy atom. The van der Waals surface area contributed by atoms with Crippen LogP contribution in [0.1, 0.15) is 46.5 Å². The number of nitrogens with zero attached hydrogens (tertiary/aromatic N) is 1. The van der Waals surface area contributed by atoms with E-state index in [2.05, 4.69) is 31.0 Å². The molecule has 0 radical (unpaired) electrons. The van der Waals surface area contributed by atoms with Crippen molar-refractivity contribution in [1.82, 2.24) is 4.90 Å². The van der Waals surface area contributed by atoms with E-state index >= 15 is 0 Å². The molecule has 0 heterocycles. The van der Waals surface area contributed by atoms with Gasteiger partial charge in [0.15, 0.2) is 0 Å². The predicted molar refractivity (Wildman–Crippen MR) is 90.5 cm³/mol. The summed E-state index contributed by atoms with van der Waals surface area (Å²) in [5, 5.41) is 2.96. The van der Waals surface area contributed by atoms with Gasteiger partial charge in [0.1, 0.15) is 0 Å². The molecule has 3 nitrogen and oxygen atoms in total. The number of carbonyl (C=O) groups is 1. The van der Waals surface area contributed by atoms with Crippen LogP contribution in [0.2, 0.25) is 0 Å². The van der Waals surface area contributed by atoms with E-state index in [1.807, 2.05) is 30.3 Å². The molecule has 0 aliphatic heterocycles. The number of para-hydroxylation sites is 1. The van der Waals surface area contributed by atoms with Gasteiger partial charge < -0.3 is 10.2 Å². The Kier molecular flexibility index (Phi) is 8.76. The first-order chi connectivity index (χ1) is 10.2. The summed E-state index contributed by atoms with van der Waals surface area (Å²) >= 11 is 0. The minimum absolute atomic E-state index is 0.117. The number of amides is 1. The Balaban J connectivity index is 2.28. The van der Waals surface area contributed by atoms with Crippen LogP contribution in [0.4, 0.5) is 5.69 Å². The third kappa shape index (κ3) is 7.86. The fourth-order valence-corrected chi connectivity index (χ4v) is 2.52. The fraction of sp³-hybridized carbons (Fsp3) is 0.611. The number of anilines is 1. The van der Waals surface area contributed by atoms with Crippen molar-refractivity contribution >= 4 is 11.6 Å². The molecule has 0 aliphatic carbocycles. The lowest BCUT2D eigenvalue weighted by Gasteiger charge is -2.22. The molecule has 21 heavy (non-hydrogen) atoms. The van der Waals surface area contributed by atoms with E-state index in [-0.39, 0.29) is 5.91 Å². The highest BCUT2D eigenvalue weighted by Gasteiger charge is 2.11. The lowest BCUT2D eigenvalue weighted by atomic mass is 10.0. The highest BCUT2D eigenvalue weighted by Crippen LogP contribution is 2.12. The van der Waals surface area contributed by atoms with Gasteiger partial charge in [0, 0.05) is 12.1 Å². The molecule has 1 amide bonds. The van der Waals surface area contributed by atoms with Gasteiger partial charge in [0.05, 0.1) is 0 Å².